The number of halogens is 1. The topological polar surface area (TPSA) is 41.1 Å². The molecule has 1 heterocycles. The first kappa shape index (κ1) is 14.1. The van der Waals surface area contributed by atoms with Gasteiger partial charge < -0.3 is 10.6 Å². The van der Waals surface area contributed by atoms with E-state index in [2.05, 4.69) is 38.7 Å². The number of piperidine rings is 1. The van der Waals surface area contributed by atoms with E-state index in [0.717, 1.165) is 42.5 Å². The van der Waals surface area contributed by atoms with Gasteiger partial charge in [-0.3, -0.25) is 4.79 Å². The van der Waals surface area contributed by atoms with Crippen LogP contribution < -0.4 is 10.6 Å². The summed E-state index contributed by atoms with van der Waals surface area (Å²) in [6, 6.07) is 8.18. The van der Waals surface area contributed by atoms with E-state index in [9.17, 15) is 4.79 Å². The highest BCUT2D eigenvalue weighted by molar-refractivity contribution is 9.10. The van der Waals surface area contributed by atoms with Crippen molar-refractivity contribution in [1.82, 2.24) is 10.6 Å². The zero-order chi connectivity index (χ0) is 14.0. The van der Waals surface area contributed by atoms with Gasteiger partial charge in [-0.1, -0.05) is 28.1 Å². The van der Waals surface area contributed by atoms with Crippen molar-refractivity contribution in [3.05, 3.63) is 34.3 Å². The third-order valence-electron chi connectivity index (χ3n) is 4.53. The standard InChI is InChI=1S/C16H21BrN2O/c17-14-5-3-13(4-6-14)16(7-8-16)15(20)19-11-12-2-1-9-18-10-12/h3-6,12,18H,1-2,7-11H2,(H,19,20). The van der Waals surface area contributed by atoms with E-state index in [1.807, 2.05) is 12.1 Å². The van der Waals surface area contributed by atoms with Crippen molar-refractivity contribution >= 4 is 21.8 Å². The van der Waals surface area contributed by atoms with Crippen molar-refractivity contribution in [3.63, 3.8) is 0 Å². The van der Waals surface area contributed by atoms with Gasteiger partial charge in [0.1, 0.15) is 0 Å². The molecular weight excluding hydrogens is 316 g/mol. The van der Waals surface area contributed by atoms with Gasteiger partial charge in [-0.15, -0.1) is 0 Å². The minimum absolute atomic E-state index is 0.213. The molecule has 2 aliphatic rings. The van der Waals surface area contributed by atoms with Crippen LogP contribution in [0, 0.1) is 5.92 Å². The Morgan fingerprint density at radius 3 is 2.70 bits per heavy atom. The molecule has 1 amide bonds. The van der Waals surface area contributed by atoms with E-state index in [1.165, 1.54) is 12.8 Å². The molecule has 1 atom stereocenters. The molecule has 2 N–H and O–H groups in total. The SMILES string of the molecule is O=C(NCC1CCCNC1)C1(c2ccc(Br)cc2)CC1. The van der Waals surface area contributed by atoms with Crippen LogP contribution >= 0.6 is 15.9 Å². The van der Waals surface area contributed by atoms with Crippen molar-refractivity contribution in [2.24, 2.45) is 5.92 Å². The lowest BCUT2D eigenvalue weighted by Gasteiger charge is -2.24. The summed E-state index contributed by atoms with van der Waals surface area (Å²) in [7, 11) is 0. The second kappa shape index (κ2) is 5.86. The fourth-order valence-electron chi connectivity index (χ4n) is 3.05. The summed E-state index contributed by atoms with van der Waals surface area (Å²) in [4.78, 5) is 12.5. The second-order valence-corrected chi connectivity index (χ2v) is 6.93. The van der Waals surface area contributed by atoms with Crippen LogP contribution in [-0.4, -0.2) is 25.5 Å². The zero-order valence-corrected chi connectivity index (χ0v) is 13.2. The fourth-order valence-corrected chi connectivity index (χ4v) is 3.31. The smallest absolute Gasteiger partial charge is 0.230 e. The van der Waals surface area contributed by atoms with Gasteiger partial charge in [-0.25, -0.2) is 0 Å². The molecule has 1 unspecified atom stereocenters. The van der Waals surface area contributed by atoms with Gasteiger partial charge in [0.15, 0.2) is 0 Å². The summed E-state index contributed by atoms with van der Waals surface area (Å²) in [6.07, 6.45) is 4.39. The Labute approximate surface area is 128 Å². The summed E-state index contributed by atoms with van der Waals surface area (Å²) >= 11 is 3.44. The summed E-state index contributed by atoms with van der Waals surface area (Å²) in [5.74, 6) is 0.804. The van der Waals surface area contributed by atoms with Gasteiger partial charge in [-0.05, 0) is 62.4 Å². The Bertz CT molecular complexity index is 476. The number of carbonyl (C=O) groups is 1. The van der Waals surface area contributed by atoms with Crippen molar-refractivity contribution in [2.75, 3.05) is 19.6 Å². The molecular formula is C16H21BrN2O. The molecule has 1 saturated heterocycles. The van der Waals surface area contributed by atoms with Crippen LogP contribution in [0.3, 0.4) is 0 Å². The number of nitrogens with one attached hydrogen (secondary N) is 2. The summed E-state index contributed by atoms with van der Waals surface area (Å²) in [6.45, 7) is 2.96. The van der Waals surface area contributed by atoms with Crippen LogP contribution in [0.1, 0.15) is 31.2 Å². The average Bonchev–Trinajstić information content (AvgIpc) is 3.28. The van der Waals surface area contributed by atoms with Gasteiger partial charge >= 0.3 is 0 Å². The quantitative estimate of drug-likeness (QED) is 0.887. The minimum atomic E-state index is -0.247. The number of carbonyl (C=O) groups excluding carboxylic acids is 1. The monoisotopic (exact) mass is 336 g/mol. The van der Waals surface area contributed by atoms with Gasteiger partial charge in [0.05, 0.1) is 5.41 Å². The third kappa shape index (κ3) is 2.91. The maximum absolute atomic E-state index is 12.5. The van der Waals surface area contributed by atoms with Crippen LogP contribution in [0.2, 0.25) is 0 Å². The summed E-state index contributed by atoms with van der Waals surface area (Å²) in [5.41, 5.74) is 0.906. The number of rotatable bonds is 4. The molecule has 0 spiro atoms. The first-order chi connectivity index (χ1) is 9.71. The first-order valence-electron chi connectivity index (χ1n) is 7.46. The molecule has 0 aromatic heterocycles. The van der Waals surface area contributed by atoms with Crippen LogP contribution in [-0.2, 0) is 10.2 Å². The van der Waals surface area contributed by atoms with E-state index >= 15 is 0 Å². The Morgan fingerprint density at radius 2 is 2.10 bits per heavy atom. The molecule has 4 heteroatoms. The van der Waals surface area contributed by atoms with Gasteiger partial charge in [0.2, 0.25) is 5.91 Å². The summed E-state index contributed by atoms with van der Waals surface area (Å²) < 4.78 is 1.06. The Kier molecular flexibility index (Phi) is 4.13. The van der Waals surface area contributed by atoms with Crippen molar-refractivity contribution in [2.45, 2.75) is 31.1 Å². The van der Waals surface area contributed by atoms with Crippen molar-refractivity contribution < 1.29 is 4.79 Å². The molecule has 1 aliphatic carbocycles. The molecule has 3 nitrogen and oxygen atoms in total. The summed E-state index contributed by atoms with van der Waals surface area (Å²) in [5, 5.41) is 6.57. The van der Waals surface area contributed by atoms with Crippen LogP contribution in [0.5, 0.6) is 0 Å². The minimum Gasteiger partial charge on any atom is -0.355 e. The number of hydrogen-bond donors (Lipinski definition) is 2. The van der Waals surface area contributed by atoms with E-state index in [-0.39, 0.29) is 11.3 Å². The third-order valence-corrected chi connectivity index (χ3v) is 5.06. The maximum Gasteiger partial charge on any atom is 0.230 e. The van der Waals surface area contributed by atoms with E-state index in [1.54, 1.807) is 0 Å². The molecule has 20 heavy (non-hydrogen) atoms. The number of amides is 1. The first-order valence-corrected chi connectivity index (χ1v) is 8.25. The predicted octanol–water partition coefficient (Wildman–Crippen LogP) is 2.60. The molecule has 1 saturated carbocycles. The predicted molar refractivity (Wildman–Crippen MR) is 83.7 cm³/mol. The lowest BCUT2D eigenvalue weighted by molar-refractivity contribution is -0.123. The van der Waals surface area contributed by atoms with E-state index in [4.69, 9.17) is 0 Å². The van der Waals surface area contributed by atoms with Crippen molar-refractivity contribution in [1.29, 1.82) is 0 Å². The van der Waals surface area contributed by atoms with Crippen LogP contribution in [0.15, 0.2) is 28.7 Å². The van der Waals surface area contributed by atoms with E-state index in [0.29, 0.717) is 5.92 Å². The van der Waals surface area contributed by atoms with Gasteiger partial charge in [0, 0.05) is 11.0 Å². The zero-order valence-electron chi connectivity index (χ0n) is 11.6. The normalized spacial score (nSPS) is 24.1. The van der Waals surface area contributed by atoms with Gasteiger partial charge in [-0.2, -0.15) is 0 Å². The Balaban J connectivity index is 1.60. The number of hydrogen-bond acceptors (Lipinski definition) is 2. The largest absolute Gasteiger partial charge is 0.355 e. The van der Waals surface area contributed by atoms with Crippen LogP contribution in [0.4, 0.5) is 0 Å². The molecule has 1 aliphatic heterocycles. The average molecular weight is 337 g/mol. The Hall–Kier alpha value is -0.870. The molecule has 2 fully saturated rings. The highest BCUT2D eigenvalue weighted by Crippen LogP contribution is 2.48. The van der Waals surface area contributed by atoms with Crippen molar-refractivity contribution in [3.8, 4) is 0 Å². The highest BCUT2D eigenvalue weighted by Gasteiger charge is 2.51. The number of benzene rings is 1. The lowest BCUT2D eigenvalue weighted by Crippen LogP contribution is -2.41. The molecule has 0 bridgehead atoms. The highest BCUT2D eigenvalue weighted by atomic mass is 79.9. The second-order valence-electron chi connectivity index (χ2n) is 6.01. The lowest BCUT2D eigenvalue weighted by atomic mass is 9.94. The molecule has 1 aromatic rings. The van der Waals surface area contributed by atoms with Crippen LogP contribution in [0.25, 0.3) is 0 Å². The van der Waals surface area contributed by atoms with E-state index < -0.39 is 0 Å². The maximum atomic E-state index is 12.5. The van der Waals surface area contributed by atoms with Gasteiger partial charge in [0.25, 0.3) is 0 Å². The molecule has 0 radical (unpaired) electrons. The fraction of sp³-hybridized carbons (Fsp3) is 0.562. The molecule has 108 valence electrons. The molecule has 3 rings (SSSR count). The Morgan fingerprint density at radius 1 is 1.35 bits per heavy atom. The molecule has 1 aromatic carbocycles.